The topological polar surface area (TPSA) is 51.6 Å². The normalized spacial score (nSPS) is 22.9. The lowest BCUT2D eigenvalue weighted by molar-refractivity contribution is 0.223. The SMILES string of the molecule is CC1=CC(C)(C)N(C)c2ccc([C@H]3[C@@H](c4ccccn4)NC(=S)N3CCO)cc21. The van der Waals surface area contributed by atoms with Crippen molar-refractivity contribution in [3.8, 4) is 0 Å². The first-order chi connectivity index (χ1) is 13.8. The number of rotatable bonds is 4. The number of anilines is 1. The summed E-state index contributed by atoms with van der Waals surface area (Å²) in [6.45, 7) is 7.17. The number of hydrogen-bond acceptors (Lipinski definition) is 4. The zero-order chi connectivity index (χ0) is 20.8. The molecule has 0 unspecified atom stereocenters. The minimum absolute atomic E-state index is 0.0193. The minimum Gasteiger partial charge on any atom is -0.395 e. The van der Waals surface area contributed by atoms with Gasteiger partial charge in [0.15, 0.2) is 5.11 Å². The molecule has 2 aliphatic rings. The van der Waals surface area contributed by atoms with E-state index in [0.29, 0.717) is 11.7 Å². The molecule has 1 aromatic heterocycles. The Morgan fingerprint density at radius 3 is 2.72 bits per heavy atom. The number of pyridine rings is 1. The summed E-state index contributed by atoms with van der Waals surface area (Å²) in [7, 11) is 2.14. The molecule has 6 heteroatoms. The lowest BCUT2D eigenvalue weighted by Crippen LogP contribution is -2.42. The first-order valence-corrected chi connectivity index (χ1v) is 10.4. The second kappa shape index (κ2) is 7.43. The molecule has 152 valence electrons. The van der Waals surface area contributed by atoms with Crippen molar-refractivity contribution < 1.29 is 5.11 Å². The second-order valence-electron chi connectivity index (χ2n) is 8.36. The summed E-state index contributed by atoms with van der Waals surface area (Å²) >= 11 is 5.61. The standard InChI is InChI=1S/C23H28N4OS/c1-15-14-23(2,3)26(4)19-9-8-16(13-17(15)19)21-20(18-7-5-6-10-24-18)25-22(29)27(21)11-12-28/h5-10,13-14,20-21,28H,11-12H2,1-4H3,(H,25,29)/t20-,21+/m1/s1. The van der Waals surface area contributed by atoms with Crippen LogP contribution in [-0.2, 0) is 0 Å². The molecule has 1 aromatic carbocycles. The molecule has 2 aromatic rings. The van der Waals surface area contributed by atoms with Gasteiger partial charge in [0, 0.05) is 31.0 Å². The van der Waals surface area contributed by atoms with Crippen LogP contribution in [0.15, 0.2) is 48.7 Å². The van der Waals surface area contributed by atoms with E-state index in [4.69, 9.17) is 12.2 Å². The lowest BCUT2D eigenvalue weighted by Gasteiger charge is -2.41. The summed E-state index contributed by atoms with van der Waals surface area (Å²) in [4.78, 5) is 8.96. The van der Waals surface area contributed by atoms with Crippen LogP contribution < -0.4 is 10.2 Å². The summed E-state index contributed by atoms with van der Waals surface area (Å²) < 4.78 is 0. The van der Waals surface area contributed by atoms with Gasteiger partial charge in [-0.3, -0.25) is 4.98 Å². The van der Waals surface area contributed by atoms with Gasteiger partial charge < -0.3 is 20.2 Å². The van der Waals surface area contributed by atoms with Gasteiger partial charge in [0.05, 0.1) is 29.9 Å². The molecule has 2 atom stereocenters. The predicted molar refractivity (Wildman–Crippen MR) is 122 cm³/mol. The third-order valence-electron chi connectivity index (χ3n) is 6.12. The van der Waals surface area contributed by atoms with Crippen molar-refractivity contribution in [3.05, 3.63) is 65.5 Å². The van der Waals surface area contributed by atoms with Gasteiger partial charge in [-0.25, -0.2) is 0 Å². The molecule has 0 radical (unpaired) electrons. The Bertz CT molecular complexity index is 957. The van der Waals surface area contributed by atoms with Crippen LogP contribution in [0, 0.1) is 0 Å². The van der Waals surface area contributed by atoms with E-state index in [-0.39, 0.29) is 24.2 Å². The van der Waals surface area contributed by atoms with Crippen molar-refractivity contribution in [2.45, 2.75) is 38.4 Å². The van der Waals surface area contributed by atoms with E-state index < -0.39 is 0 Å². The molecule has 0 spiro atoms. The maximum atomic E-state index is 9.63. The van der Waals surface area contributed by atoms with E-state index in [9.17, 15) is 5.11 Å². The predicted octanol–water partition coefficient (Wildman–Crippen LogP) is 3.68. The number of β-amino-alcohol motifs (C(OH)–C–C–N with tert-alkyl or cyclic N) is 1. The van der Waals surface area contributed by atoms with Crippen molar-refractivity contribution in [3.63, 3.8) is 0 Å². The van der Waals surface area contributed by atoms with E-state index in [2.05, 4.69) is 72.2 Å². The highest BCUT2D eigenvalue weighted by Gasteiger charge is 2.40. The Morgan fingerprint density at radius 2 is 2.03 bits per heavy atom. The zero-order valence-electron chi connectivity index (χ0n) is 17.4. The highest BCUT2D eigenvalue weighted by molar-refractivity contribution is 7.80. The Balaban J connectivity index is 1.80. The van der Waals surface area contributed by atoms with Crippen LogP contribution in [-0.4, -0.2) is 45.8 Å². The average Bonchev–Trinajstić information content (AvgIpc) is 3.03. The van der Waals surface area contributed by atoms with E-state index in [1.807, 2.05) is 24.4 Å². The third kappa shape index (κ3) is 3.40. The lowest BCUT2D eigenvalue weighted by atomic mass is 9.86. The van der Waals surface area contributed by atoms with Crippen molar-refractivity contribution >= 4 is 28.6 Å². The van der Waals surface area contributed by atoms with E-state index in [1.165, 1.54) is 22.4 Å². The molecular formula is C23H28N4OS. The number of allylic oxidation sites excluding steroid dienone is 1. The average molecular weight is 409 g/mol. The van der Waals surface area contributed by atoms with Crippen LogP contribution in [0.4, 0.5) is 5.69 Å². The first-order valence-electron chi connectivity index (χ1n) is 10.00. The quantitative estimate of drug-likeness (QED) is 0.753. The maximum absolute atomic E-state index is 9.63. The van der Waals surface area contributed by atoms with Gasteiger partial charge in [-0.2, -0.15) is 0 Å². The number of nitrogens with zero attached hydrogens (tertiary/aromatic N) is 3. The number of hydrogen-bond donors (Lipinski definition) is 2. The van der Waals surface area contributed by atoms with Crippen molar-refractivity contribution in [2.24, 2.45) is 0 Å². The number of benzene rings is 1. The molecule has 2 aliphatic heterocycles. The molecule has 0 saturated carbocycles. The highest BCUT2D eigenvalue weighted by Crippen LogP contribution is 2.43. The van der Waals surface area contributed by atoms with E-state index >= 15 is 0 Å². The van der Waals surface area contributed by atoms with E-state index in [1.54, 1.807) is 0 Å². The summed E-state index contributed by atoms with van der Waals surface area (Å²) in [6, 6.07) is 12.5. The van der Waals surface area contributed by atoms with Crippen LogP contribution in [0.5, 0.6) is 0 Å². The molecule has 0 amide bonds. The molecule has 29 heavy (non-hydrogen) atoms. The van der Waals surface area contributed by atoms with Crippen molar-refractivity contribution in [1.29, 1.82) is 0 Å². The molecule has 3 heterocycles. The van der Waals surface area contributed by atoms with Gasteiger partial charge in [-0.15, -0.1) is 0 Å². The van der Waals surface area contributed by atoms with E-state index in [0.717, 1.165) is 5.69 Å². The third-order valence-corrected chi connectivity index (χ3v) is 6.47. The maximum Gasteiger partial charge on any atom is 0.170 e. The summed E-state index contributed by atoms with van der Waals surface area (Å²) in [5.74, 6) is 0. The fourth-order valence-electron chi connectivity index (χ4n) is 4.48. The Kier molecular flexibility index (Phi) is 5.09. The van der Waals surface area contributed by atoms with Gasteiger partial charge in [-0.05, 0) is 68.4 Å². The molecule has 0 aliphatic carbocycles. The Hall–Kier alpha value is -2.44. The van der Waals surface area contributed by atoms with Crippen LogP contribution >= 0.6 is 12.2 Å². The molecule has 4 rings (SSSR count). The first kappa shape index (κ1) is 19.9. The smallest absolute Gasteiger partial charge is 0.170 e. The molecule has 5 nitrogen and oxygen atoms in total. The Labute approximate surface area is 178 Å². The number of nitrogens with one attached hydrogen (secondary N) is 1. The van der Waals surface area contributed by atoms with Gasteiger partial charge >= 0.3 is 0 Å². The van der Waals surface area contributed by atoms with Gasteiger partial charge in [0.1, 0.15) is 0 Å². The molecule has 1 fully saturated rings. The summed E-state index contributed by atoms with van der Waals surface area (Å²) in [6.07, 6.45) is 4.13. The number of fused-ring (bicyclic) bond motifs is 1. The minimum atomic E-state index is -0.0599. The van der Waals surface area contributed by atoms with Gasteiger partial charge in [0.2, 0.25) is 0 Å². The monoisotopic (exact) mass is 408 g/mol. The number of aliphatic hydroxyl groups excluding tert-OH is 1. The van der Waals surface area contributed by atoms with Crippen LogP contribution in [0.25, 0.3) is 5.57 Å². The van der Waals surface area contributed by atoms with Gasteiger partial charge in [-0.1, -0.05) is 18.2 Å². The highest BCUT2D eigenvalue weighted by atomic mass is 32.1. The summed E-state index contributed by atoms with van der Waals surface area (Å²) in [5, 5.41) is 13.7. The van der Waals surface area contributed by atoms with Crippen LogP contribution in [0.1, 0.15) is 49.7 Å². The molecule has 2 N–H and O–H groups in total. The largest absolute Gasteiger partial charge is 0.395 e. The molecular weight excluding hydrogens is 380 g/mol. The number of likely N-dealkylation sites (N-methyl/N-ethyl adjacent to an activating group) is 1. The van der Waals surface area contributed by atoms with Crippen LogP contribution in [0.3, 0.4) is 0 Å². The number of aromatic nitrogens is 1. The fraction of sp³-hybridized carbons (Fsp3) is 0.391. The van der Waals surface area contributed by atoms with Gasteiger partial charge in [0.25, 0.3) is 0 Å². The van der Waals surface area contributed by atoms with Crippen LogP contribution in [0.2, 0.25) is 0 Å². The second-order valence-corrected chi connectivity index (χ2v) is 8.75. The number of aliphatic hydroxyl groups is 1. The van der Waals surface area contributed by atoms with Crippen molar-refractivity contribution in [1.82, 2.24) is 15.2 Å². The zero-order valence-corrected chi connectivity index (χ0v) is 18.2. The molecule has 0 bridgehead atoms. The summed E-state index contributed by atoms with van der Waals surface area (Å²) in [5.41, 5.74) is 5.85. The Morgan fingerprint density at radius 1 is 1.24 bits per heavy atom. The number of thiocarbonyl (C=S) groups is 1. The van der Waals surface area contributed by atoms with Crippen molar-refractivity contribution in [2.75, 3.05) is 25.1 Å². The molecule has 1 saturated heterocycles. The fourth-order valence-corrected chi connectivity index (χ4v) is 4.81.